The molecule has 0 aromatic rings. The van der Waals surface area contributed by atoms with Crippen LogP contribution < -0.4 is 5.32 Å². The van der Waals surface area contributed by atoms with E-state index >= 15 is 0 Å². The summed E-state index contributed by atoms with van der Waals surface area (Å²) in [6, 6.07) is 0.631. The first-order valence-corrected chi connectivity index (χ1v) is 7.37. The monoisotopic (exact) mass is 278 g/mol. The fourth-order valence-corrected chi connectivity index (χ4v) is 3.28. The minimum atomic E-state index is -4.09. The normalized spacial score (nSPS) is 23.8. The molecule has 0 aromatic heterocycles. The quantitative estimate of drug-likeness (QED) is 0.802. The molecule has 0 saturated heterocycles. The first kappa shape index (κ1) is 15.1. The maximum atomic E-state index is 12.5. The molecule has 0 bridgehead atoms. The van der Waals surface area contributed by atoms with E-state index in [9.17, 15) is 13.2 Å². The van der Waals surface area contributed by atoms with Crippen molar-refractivity contribution in [3.8, 4) is 0 Å². The van der Waals surface area contributed by atoms with Gasteiger partial charge in [0.1, 0.15) is 0 Å². The standard InChI is InChI=1S/C14H25F3N2/c1-19(11-14(15,16)17)10-13(7-3-2-4-8-13)9-18-12-5-6-12/h12,18H,2-11H2,1H3. The lowest BCUT2D eigenvalue weighted by atomic mass is 9.73. The van der Waals surface area contributed by atoms with E-state index in [1.807, 2.05) is 0 Å². The van der Waals surface area contributed by atoms with Crippen molar-refractivity contribution in [2.75, 3.05) is 26.7 Å². The smallest absolute Gasteiger partial charge is 0.313 e. The molecule has 0 unspecified atom stereocenters. The third kappa shape index (κ3) is 5.30. The van der Waals surface area contributed by atoms with Crippen molar-refractivity contribution >= 4 is 0 Å². The summed E-state index contributed by atoms with van der Waals surface area (Å²) in [5.41, 5.74) is 0.0564. The molecular weight excluding hydrogens is 253 g/mol. The average molecular weight is 278 g/mol. The zero-order valence-corrected chi connectivity index (χ0v) is 11.7. The molecule has 0 atom stereocenters. The Morgan fingerprint density at radius 2 is 1.79 bits per heavy atom. The number of halogens is 3. The van der Waals surface area contributed by atoms with Crippen LogP contribution >= 0.6 is 0 Å². The van der Waals surface area contributed by atoms with Crippen LogP contribution in [0.5, 0.6) is 0 Å². The van der Waals surface area contributed by atoms with Crippen molar-refractivity contribution in [2.45, 2.75) is 57.2 Å². The van der Waals surface area contributed by atoms with Crippen molar-refractivity contribution in [1.82, 2.24) is 10.2 Å². The van der Waals surface area contributed by atoms with Crippen LogP contribution in [0.1, 0.15) is 44.9 Å². The second-order valence-corrected chi connectivity index (χ2v) is 6.50. The number of alkyl halides is 3. The van der Waals surface area contributed by atoms with Gasteiger partial charge in [0, 0.05) is 19.1 Å². The Bertz CT molecular complexity index is 281. The Balaban J connectivity index is 1.88. The Morgan fingerprint density at radius 3 is 2.32 bits per heavy atom. The zero-order valence-electron chi connectivity index (χ0n) is 11.7. The van der Waals surface area contributed by atoms with Crippen LogP contribution in [-0.4, -0.2) is 43.8 Å². The molecule has 2 aliphatic carbocycles. The molecule has 2 nitrogen and oxygen atoms in total. The van der Waals surface area contributed by atoms with Crippen molar-refractivity contribution in [1.29, 1.82) is 0 Å². The Morgan fingerprint density at radius 1 is 1.16 bits per heavy atom. The van der Waals surface area contributed by atoms with Gasteiger partial charge in [0.15, 0.2) is 0 Å². The molecule has 0 amide bonds. The number of hydrogen-bond acceptors (Lipinski definition) is 2. The van der Waals surface area contributed by atoms with Gasteiger partial charge >= 0.3 is 6.18 Å². The molecule has 112 valence electrons. The SMILES string of the molecule is CN(CC(F)(F)F)CC1(CNC2CC2)CCCCC1. The summed E-state index contributed by atoms with van der Waals surface area (Å²) >= 11 is 0. The first-order chi connectivity index (χ1) is 8.89. The molecule has 2 rings (SSSR count). The summed E-state index contributed by atoms with van der Waals surface area (Å²) in [6.45, 7) is 0.657. The topological polar surface area (TPSA) is 15.3 Å². The molecule has 0 heterocycles. The summed E-state index contributed by atoms with van der Waals surface area (Å²) in [7, 11) is 1.60. The summed E-state index contributed by atoms with van der Waals surface area (Å²) in [5.74, 6) is 0. The molecule has 0 aliphatic heterocycles. The molecular formula is C14H25F3N2. The van der Waals surface area contributed by atoms with E-state index in [1.54, 1.807) is 7.05 Å². The lowest BCUT2D eigenvalue weighted by Gasteiger charge is -2.40. The fourth-order valence-electron chi connectivity index (χ4n) is 3.28. The third-order valence-electron chi connectivity index (χ3n) is 4.31. The van der Waals surface area contributed by atoms with Crippen LogP contribution in [0, 0.1) is 5.41 Å². The predicted octanol–water partition coefficient (Wildman–Crippen LogP) is 3.18. The van der Waals surface area contributed by atoms with E-state index in [0.717, 1.165) is 32.2 Å². The second-order valence-electron chi connectivity index (χ2n) is 6.50. The van der Waals surface area contributed by atoms with E-state index in [-0.39, 0.29) is 5.41 Å². The highest BCUT2D eigenvalue weighted by Crippen LogP contribution is 2.37. The highest BCUT2D eigenvalue weighted by molar-refractivity contribution is 4.91. The maximum absolute atomic E-state index is 12.5. The summed E-state index contributed by atoms with van der Waals surface area (Å²) in [4.78, 5) is 1.46. The van der Waals surface area contributed by atoms with Crippen LogP contribution in [-0.2, 0) is 0 Å². The molecule has 0 spiro atoms. The molecule has 0 radical (unpaired) electrons. The molecule has 2 aliphatic rings. The van der Waals surface area contributed by atoms with E-state index < -0.39 is 12.7 Å². The predicted molar refractivity (Wildman–Crippen MR) is 70.1 cm³/mol. The van der Waals surface area contributed by atoms with Crippen LogP contribution in [0.2, 0.25) is 0 Å². The van der Waals surface area contributed by atoms with E-state index in [0.29, 0.717) is 12.6 Å². The molecule has 2 saturated carbocycles. The lowest BCUT2D eigenvalue weighted by Crippen LogP contribution is -2.46. The van der Waals surface area contributed by atoms with Crippen LogP contribution in [0.25, 0.3) is 0 Å². The molecule has 1 N–H and O–H groups in total. The minimum Gasteiger partial charge on any atom is -0.313 e. The van der Waals surface area contributed by atoms with Gasteiger partial charge in [-0.3, -0.25) is 4.90 Å². The van der Waals surface area contributed by atoms with Gasteiger partial charge < -0.3 is 5.32 Å². The largest absolute Gasteiger partial charge is 0.401 e. The minimum absolute atomic E-state index is 0.0564. The molecule has 0 aromatic carbocycles. The number of nitrogens with one attached hydrogen (secondary N) is 1. The lowest BCUT2D eigenvalue weighted by molar-refractivity contribution is -0.146. The fraction of sp³-hybridized carbons (Fsp3) is 1.00. The third-order valence-corrected chi connectivity index (χ3v) is 4.31. The van der Waals surface area contributed by atoms with E-state index in [1.165, 1.54) is 24.2 Å². The zero-order chi connectivity index (χ0) is 13.9. The van der Waals surface area contributed by atoms with E-state index in [2.05, 4.69) is 5.32 Å². The Kier molecular flexibility index (Phi) is 4.77. The summed E-state index contributed by atoms with van der Waals surface area (Å²) < 4.78 is 37.4. The summed E-state index contributed by atoms with van der Waals surface area (Å²) in [5, 5.41) is 3.53. The van der Waals surface area contributed by atoms with Gasteiger partial charge in [-0.25, -0.2) is 0 Å². The highest BCUT2D eigenvalue weighted by Gasteiger charge is 2.37. The van der Waals surface area contributed by atoms with Gasteiger partial charge in [0.2, 0.25) is 0 Å². The van der Waals surface area contributed by atoms with Gasteiger partial charge in [-0.2, -0.15) is 13.2 Å². The number of rotatable bonds is 6. The summed E-state index contributed by atoms with van der Waals surface area (Å²) in [6.07, 6.45) is 4.05. The van der Waals surface area contributed by atoms with Gasteiger partial charge in [0.05, 0.1) is 6.54 Å². The van der Waals surface area contributed by atoms with Gasteiger partial charge in [-0.15, -0.1) is 0 Å². The average Bonchev–Trinajstić information content (AvgIpc) is 3.08. The second kappa shape index (κ2) is 6.00. The van der Waals surface area contributed by atoms with Gasteiger partial charge in [-0.05, 0) is 38.1 Å². The van der Waals surface area contributed by atoms with Crippen molar-refractivity contribution in [3.05, 3.63) is 0 Å². The highest BCUT2D eigenvalue weighted by atomic mass is 19.4. The Labute approximate surface area is 113 Å². The van der Waals surface area contributed by atoms with E-state index in [4.69, 9.17) is 0 Å². The van der Waals surface area contributed by atoms with Crippen LogP contribution in [0.3, 0.4) is 0 Å². The van der Waals surface area contributed by atoms with Gasteiger partial charge in [0.25, 0.3) is 0 Å². The van der Waals surface area contributed by atoms with Crippen molar-refractivity contribution < 1.29 is 13.2 Å². The molecule has 5 heteroatoms. The number of hydrogen-bond donors (Lipinski definition) is 1. The number of nitrogens with zero attached hydrogens (tertiary/aromatic N) is 1. The van der Waals surface area contributed by atoms with Crippen LogP contribution in [0.4, 0.5) is 13.2 Å². The molecule has 19 heavy (non-hydrogen) atoms. The molecule has 2 fully saturated rings. The van der Waals surface area contributed by atoms with Crippen molar-refractivity contribution in [2.24, 2.45) is 5.41 Å². The Hall–Kier alpha value is -0.290. The van der Waals surface area contributed by atoms with Crippen molar-refractivity contribution in [3.63, 3.8) is 0 Å². The van der Waals surface area contributed by atoms with Crippen LogP contribution in [0.15, 0.2) is 0 Å². The maximum Gasteiger partial charge on any atom is 0.401 e. The first-order valence-electron chi connectivity index (χ1n) is 7.37. The van der Waals surface area contributed by atoms with Gasteiger partial charge in [-0.1, -0.05) is 19.3 Å².